The average Bonchev–Trinajstić information content (AvgIpc) is 2.17. The Balaban J connectivity index is 2.94. The molecule has 0 saturated carbocycles. The predicted molar refractivity (Wildman–Crippen MR) is 51.3 cm³/mol. The van der Waals surface area contributed by atoms with Crippen molar-refractivity contribution in [2.75, 3.05) is 13.6 Å². The van der Waals surface area contributed by atoms with Gasteiger partial charge in [-0.3, -0.25) is 0 Å². The van der Waals surface area contributed by atoms with Gasteiger partial charge in [-0.2, -0.15) is 0 Å². The molecule has 0 aliphatic carbocycles. The van der Waals surface area contributed by atoms with Gasteiger partial charge in [0.05, 0.1) is 11.7 Å². The minimum Gasteiger partial charge on any atom is -0.389 e. The molecule has 2 unspecified atom stereocenters. The van der Waals surface area contributed by atoms with E-state index in [1.807, 2.05) is 0 Å². The largest absolute Gasteiger partial charge is 0.389 e. The second kappa shape index (κ2) is 5.16. The van der Waals surface area contributed by atoms with Crippen molar-refractivity contribution in [3.8, 4) is 0 Å². The molecule has 0 aliphatic rings. The van der Waals surface area contributed by atoms with Crippen LogP contribution < -0.4 is 5.32 Å². The normalized spacial score (nSPS) is 15.0. The van der Waals surface area contributed by atoms with Crippen LogP contribution in [0.25, 0.3) is 0 Å². The number of halogens is 2. The number of aliphatic hydroxyl groups is 2. The van der Waals surface area contributed by atoms with E-state index in [0.717, 1.165) is 12.1 Å². The molecule has 0 saturated heterocycles. The van der Waals surface area contributed by atoms with E-state index in [-0.39, 0.29) is 6.54 Å². The zero-order chi connectivity index (χ0) is 11.4. The Labute approximate surface area is 86.4 Å². The SMILES string of the molecule is CNCC(O)C(O)c1c(F)cccc1F. The lowest BCUT2D eigenvalue weighted by Crippen LogP contribution is -2.30. The molecule has 15 heavy (non-hydrogen) atoms. The summed E-state index contributed by atoms with van der Waals surface area (Å²) < 4.78 is 26.3. The van der Waals surface area contributed by atoms with Crippen LogP contribution in [0.3, 0.4) is 0 Å². The summed E-state index contributed by atoms with van der Waals surface area (Å²) in [6.45, 7) is 0.0505. The molecule has 84 valence electrons. The summed E-state index contributed by atoms with van der Waals surface area (Å²) in [4.78, 5) is 0. The van der Waals surface area contributed by atoms with Gasteiger partial charge >= 0.3 is 0 Å². The molecule has 0 bridgehead atoms. The standard InChI is InChI=1S/C10H13F2NO2/c1-13-5-8(14)10(15)9-6(11)3-2-4-7(9)12/h2-4,8,10,13-15H,5H2,1H3. The van der Waals surface area contributed by atoms with Crippen LogP contribution in [0.5, 0.6) is 0 Å². The Morgan fingerprint density at radius 3 is 2.27 bits per heavy atom. The van der Waals surface area contributed by atoms with Gasteiger partial charge in [0.25, 0.3) is 0 Å². The highest BCUT2D eigenvalue weighted by atomic mass is 19.1. The van der Waals surface area contributed by atoms with Crippen LogP contribution in [-0.4, -0.2) is 29.9 Å². The van der Waals surface area contributed by atoms with E-state index in [1.165, 1.54) is 6.07 Å². The van der Waals surface area contributed by atoms with Gasteiger partial charge in [0, 0.05) is 6.54 Å². The van der Waals surface area contributed by atoms with Crippen LogP contribution >= 0.6 is 0 Å². The van der Waals surface area contributed by atoms with Gasteiger partial charge in [0.2, 0.25) is 0 Å². The maximum absolute atomic E-state index is 13.2. The fourth-order valence-electron chi connectivity index (χ4n) is 1.31. The average molecular weight is 217 g/mol. The number of hydrogen-bond donors (Lipinski definition) is 3. The van der Waals surface area contributed by atoms with E-state index in [9.17, 15) is 19.0 Å². The van der Waals surface area contributed by atoms with Gasteiger partial charge in [-0.25, -0.2) is 8.78 Å². The van der Waals surface area contributed by atoms with Crippen LogP contribution in [0.2, 0.25) is 0 Å². The molecule has 3 N–H and O–H groups in total. The van der Waals surface area contributed by atoms with Crippen molar-refractivity contribution in [3.63, 3.8) is 0 Å². The second-order valence-corrected chi connectivity index (χ2v) is 3.21. The fraction of sp³-hybridized carbons (Fsp3) is 0.400. The summed E-state index contributed by atoms with van der Waals surface area (Å²) in [5.41, 5.74) is -0.500. The number of benzene rings is 1. The van der Waals surface area contributed by atoms with Crippen molar-refractivity contribution in [1.82, 2.24) is 5.32 Å². The summed E-state index contributed by atoms with van der Waals surface area (Å²) in [5.74, 6) is -1.73. The Morgan fingerprint density at radius 2 is 1.80 bits per heavy atom. The van der Waals surface area contributed by atoms with E-state index >= 15 is 0 Å². The number of nitrogens with one attached hydrogen (secondary N) is 1. The zero-order valence-electron chi connectivity index (χ0n) is 8.24. The van der Waals surface area contributed by atoms with Crippen molar-refractivity contribution in [3.05, 3.63) is 35.4 Å². The van der Waals surface area contributed by atoms with Gasteiger partial charge in [-0.1, -0.05) is 6.07 Å². The zero-order valence-corrected chi connectivity index (χ0v) is 8.24. The molecular formula is C10H13F2NO2. The first kappa shape index (κ1) is 12.0. The van der Waals surface area contributed by atoms with Crippen molar-refractivity contribution >= 4 is 0 Å². The minimum absolute atomic E-state index is 0.0505. The number of rotatable bonds is 4. The van der Waals surface area contributed by atoms with Crippen molar-refractivity contribution in [2.45, 2.75) is 12.2 Å². The molecular weight excluding hydrogens is 204 g/mol. The third-order valence-electron chi connectivity index (χ3n) is 2.07. The molecule has 0 fully saturated rings. The van der Waals surface area contributed by atoms with E-state index in [0.29, 0.717) is 0 Å². The van der Waals surface area contributed by atoms with Crippen LogP contribution in [0.1, 0.15) is 11.7 Å². The molecule has 3 nitrogen and oxygen atoms in total. The quantitative estimate of drug-likeness (QED) is 0.691. The predicted octanol–water partition coefficient (Wildman–Crippen LogP) is 0.578. The van der Waals surface area contributed by atoms with E-state index in [4.69, 9.17) is 0 Å². The summed E-state index contributed by atoms with van der Waals surface area (Å²) in [7, 11) is 1.56. The topological polar surface area (TPSA) is 52.5 Å². The molecule has 5 heteroatoms. The van der Waals surface area contributed by atoms with E-state index < -0.39 is 29.4 Å². The molecule has 0 radical (unpaired) electrons. The third kappa shape index (κ3) is 2.71. The molecule has 0 aromatic heterocycles. The second-order valence-electron chi connectivity index (χ2n) is 3.21. The Bertz CT molecular complexity index is 313. The number of hydrogen-bond acceptors (Lipinski definition) is 3. The lowest BCUT2D eigenvalue weighted by Gasteiger charge is -2.18. The highest BCUT2D eigenvalue weighted by Crippen LogP contribution is 2.22. The van der Waals surface area contributed by atoms with Crippen LogP contribution in [0, 0.1) is 11.6 Å². The molecule has 1 rings (SSSR count). The third-order valence-corrected chi connectivity index (χ3v) is 2.07. The maximum atomic E-state index is 13.2. The van der Waals surface area contributed by atoms with Gasteiger partial charge in [0.1, 0.15) is 17.7 Å². The number of likely N-dealkylation sites (N-methyl/N-ethyl adjacent to an activating group) is 1. The summed E-state index contributed by atoms with van der Waals surface area (Å²) >= 11 is 0. The van der Waals surface area contributed by atoms with E-state index in [1.54, 1.807) is 7.05 Å². The Hall–Kier alpha value is -1.04. The Morgan fingerprint density at radius 1 is 1.27 bits per heavy atom. The number of aliphatic hydroxyl groups excluding tert-OH is 2. The summed E-state index contributed by atoms with van der Waals surface area (Å²) in [6.07, 6.45) is -2.82. The summed E-state index contributed by atoms with van der Waals surface area (Å²) in [6, 6.07) is 3.27. The Kier molecular flexibility index (Phi) is 4.14. The van der Waals surface area contributed by atoms with Gasteiger partial charge in [-0.05, 0) is 19.2 Å². The molecule has 0 amide bonds. The van der Waals surface area contributed by atoms with Crippen molar-refractivity contribution in [1.29, 1.82) is 0 Å². The molecule has 1 aromatic rings. The van der Waals surface area contributed by atoms with Crippen LogP contribution in [-0.2, 0) is 0 Å². The van der Waals surface area contributed by atoms with Gasteiger partial charge in [0.15, 0.2) is 0 Å². The monoisotopic (exact) mass is 217 g/mol. The fourth-order valence-corrected chi connectivity index (χ4v) is 1.31. The molecule has 0 spiro atoms. The molecule has 0 aliphatic heterocycles. The van der Waals surface area contributed by atoms with Crippen molar-refractivity contribution < 1.29 is 19.0 Å². The lowest BCUT2D eigenvalue weighted by atomic mass is 10.0. The van der Waals surface area contributed by atoms with E-state index in [2.05, 4.69) is 5.32 Å². The smallest absolute Gasteiger partial charge is 0.132 e. The van der Waals surface area contributed by atoms with Gasteiger partial charge in [-0.15, -0.1) is 0 Å². The lowest BCUT2D eigenvalue weighted by molar-refractivity contribution is 0.0159. The highest BCUT2D eigenvalue weighted by Gasteiger charge is 2.24. The van der Waals surface area contributed by atoms with Crippen LogP contribution in [0.4, 0.5) is 8.78 Å². The first-order valence-corrected chi connectivity index (χ1v) is 4.52. The highest BCUT2D eigenvalue weighted by molar-refractivity contribution is 5.22. The van der Waals surface area contributed by atoms with Crippen molar-refractivity contribution in [2.24, 2.45) is 0 Å². The summed E-state index contributed by atoms with van der Waals surface area (Å²) in [5, 5.41) is 21.5. The first-order chi connectivity index (χ1) is 7.07. The minimum atomic E-state index is -1.57. The first-order valence-electron chi connectivity index (χ1n) is 4.52. The molecule has 0 heterocycles. The molecule has 2 atom stereocenters. The van der Waals surface area contributed by atoms with Gasteiger partial charge < -0.3 is 15.5 Å². The van der Waals surface area contributed by atoms with Crippen LogP contribution in [0.15, 0.2) is 18.2 Å². The maximum Gasteiger partial charge on any atom is 0.132 e. The molecule has 1 aromatic carbocycles.